The van der Waals surface area contributed by atoms with Gasteiger partial charge >= 0.3 is 0 Å². The van der Waals surface area contributed by atoms with Crippen molar-refractivity contribution in [3.8, 4) is 0 Å². The number of rotatable bonds is 1. The minimum absolute atomic E-state index is 0. The molecule has 0 unspecified atom stereocenters. The molecule has 0 aliphatic carbocycles. The molecule has 0 saturated carbocycles. The van der Waals surface area contributed by atoms with Gasteiger partial charge in [-0.2, -0.15) is 0 Å². The minimum atomic E-state index is -0.833. The third-order valence-corrected chi connectivity index (χ3v) is 0.1000. The van der Waals surface area contributed by atoms with Crippen LogP contribution in [-0.4, -0.2) is 67.7 Å². The lowest BCUT2D eigenvalue weighted by molar-refractivity contribution is -0.135. The maximum absolute atomic E-state index is 9.00. The first kappa shape index (κ1) is 49.6. The van der Waals surface area contributed by atoms with Crippen LogP contribution in [0.2, 0.25) is 0 Å². The Bertz CT molecular complexity index is 207. The van der Waals surface area contributed by atoms with Crippen molar-refractivity contribution in [2.24, 2.45) is 0 Å². The van der Waals surface area contributed by atoms with Crippen molar-refractivity contribution < 1.29 is 49.8 Å². The third-order valence-electron chi connectivity index (χ3n) is 0.1000. The fourth-order valence-corrected chi connectivity index (χ4v) is 0. The smallest absolute Gasteiger partial charge is 0.300 e. The van der Waals surface area contributed by atoms with Crippen molar-refractivity contribution in [1.29, 1.82) is 0 Å². The zero-order valence-electron chi connectivity index (χ0n) is 14.6. The molecule has 0 radical (unpaired) electrons. The van der Waals surface area contributed by atoms with Gasteiger partial charge in [-0.1, -0.05) is 0 Å². The van der Waals surface area contributed by atoms with Crippen LogP contribution < -0.4 is 12.3 Å². The lowest BCUT2D eigenvalue weighted by Gasteiger charge is -1.70. The van der Waals surface area contributed by atoms with Crippen LogP contribution in [0.15, 0.2) is 13.2 Å². The van der Waals surface area contributed by atoms with Crippen LogP contribution >= 0.6 is 0 Å². The second kappa shape index (κ2) is 59.0. The number of hydrogen-bond acceptors (Lipinski definition) is 8. The van der Waals surface area contributed by atoms with Gasteiger partial charge in [0.05, 0.1) is 13.2 Å². The van der Waals surface area contributed by atoms with Gasteiger partial charge < -0.3 is 42.9 Å². The van der Waals surface area contributed by atoms with E-state index in [0.717, 1.165) is 27.7 Å². The van der Waals surface area contributed by atoms with E-state index in [9.17, 15) is 0 Å². The van der Waals surface area contributed by atoms with Gasteiger partial charge in [0.15, 0.2) is 0 Å². The van der Waals surface area contributed by atoms with Gasteiger partial charge in [0.25, 0.3) is 23.9 Å². The molecule has 12 heteroatoms. The highest BCUT2D eigenvalue weighted by Crippen LogP contribution is 1.43. The minimum Gasteiger partial charge on any atom is -0.481 e. The standard InChI is InChI=1S/4C2H4O2.C2H6O2.C2H4.2H3N/c4*1-2(3)4;3-1-2-4;1-2;;/h4*1H3,(H,3,4);3-4H,1-2H2;1-2H2;2*1H3. The van der Waals surface area contributed by atoms with E-state index in [1.165, 1.54) is 0 Å². The summed E-state index contributed by atoms with van der Waals surface area (Å²) in [6.07, 6.45) is 0. The molecule has 150 valence electrons. The Morgan fingerprint density at radius 2 is 0.625 bits per heavy atom. The third kappa shape index (κ3) is 2800. The van der Waals surface area contributed by atoms with Crippen molar-refractivity contribution in [3.63, 3.8) is 0 Å². The van der Waals surface area contributed by atoms with Gasteiger partial charge in [-0.3, -0.25) is 19.2 Å². The van der Waals surface area contributed by atoms with E-state index in [0.29, 0.717) is 0 Å². The predicted octanol–water partition coefficient (Wildman–Crippen LogP) is 0.461. The molecule has 0 aromatic carbocycles. The van der Waals surface area contributed by atoms with E-state index in [1.807, 2.05) is 0 Å². The number of aliphatic hydroxyl groups is 2. The van der Waals surface area contributed by atoms with Crippen LogP contribution in [0.5, 0.6) is 0 Å². The number of carboxylic acids is 4. The molecule has 0 aromatic rings. The first-order chi connectivity index (χ1) is 9.84. The van der Waals surface area contributed by atoms with Crippen LogP contribution in [0.4, 0.5) is 0 Å². The van der Waals surface area contributed by atoms with Gasteiger partial charge in [0.2, 0.25) is 0 Å². The Kier molecular flexibility index (Phi) is 122. The number of hydrogen-bond donors (Lipinski definition) is 8. The van der Waals surface area contributed by atoms with Crippen LogP contribution in [-0.2, 0) is 19.2 Å². The van der Waals surface area contributed by atoms with Gasteiger partial charge in [0.1, 0.15) is 0 Å². The van der Waals surface area contributed by atoms with Crippen molar-refractivity contribution >= 4 is 23.9 Å². The zero-order valence-corrected chi connectivity index (χ0v) is 14.6. The van der Waals surface area contributed by atoms with Gasteiger partial charge in [-0.05, 0) is 0 Å². The highest BCUT2D eigenvalue weighted by Gasteiger charge is 1.66. The Morgan fingerprint density at radius 1 is 0.583 bits per heavy atom. The molecule has 0 rings (SSSR count). The van der Waals surface area contributed by atoms with Crippen LogP contribution in [0.1, 0.15) is 27.7 Å². The summed E-state index contributed by atoms with van der Waals surface area (Å²) in [6.45, 7) is 10.1. The second-order valence-corrected chi connectivity index (χ2v) is 2.52. The average Bonchev–Trinajstić information content (AvgIpc) is 2.28. The van der Waals surface area contributed by atoms with Crippen molar-refractivity contribution in [1.82, 2.24) is 12.3 Å². The van der Waals surface area contributed by atoms with Crippen molar-refractivity contribution in [3.05, 3.63) is 13.2 Å². The monoisotopic (exact) mass is 364 g/mol. The highest BCUT2D eigenvalue weighted by atomic mass is 16.4. The summed E-state index contributed by atoms with van der Waals surface area (Å²) < 4.78 is 0. The summed E-state index contributed by atoms with van der Waals surface area (Å²) in [5, 5.41) is 44.9. The van der Waals surface area contributed by atoms with E-state index >= 15 is 0 Å². The Morgan fingerprint density at radius 3 is 0.625 bits per heavy atom. The molecule has 0 aliphatic heterocycles. The summed E-state index contributed by atoms with van der Waals surface area (Å²) >= 11 is 0. The number of carboxylic acid groups (broad SMARTS) is 4. The van der Waals surface area contributed by atoms with Crippen molar-refractivity contribution in [2.75, 3.05) is 13.2 Å². The molecule has 12 N–H and O–H groups in total. The van der Waals surface area contributed by atoms with E-state index in [4.69, 9.17) is 49.8 Å². The highest BCUT2D eigenvalue weighted by molar-refractivity contribution is 5.63. The van der Waals surface area contributed by atoms with Crippen molar-refractivity contribution in [2.45, 2.75) is 27.7 Å². The molecular weight excluding hydrogens is 332 g/mol. The molecule has 24 heavy (non-hydrogen) atoms. The number of aliphatic hydroxyl groups excluding tert-OH is 2. The van der Waals surface area contributed by atoms with Crippen LogP contribution in [0.3, 0.4) is 0 Å². The summed E-state index contributed by atoms with van der Waals surface area (Å²) in [4.78, 5) is 36.0. The molecule has 12 nitrogen and oxygen atoms in total. The van der Waals surface area contributed by atoms with E-state index in [-0.39, 0.29) is 25.5 Å². The summed E-state index contributed by atoms with van der Waals surface area (Å²) in [6, 6.07) is 0. The summed E-state index contributed by atoms with van der Waals surface area (Å²) in [7, 11) is 0. The quantitative estimate of drug-likeness (QED) is 0.295. The number of carbonyl (C=O) groups is 4. The Hall–Kier alpha value is -2.54. The topological polar surface area (TPSA) is 260 Å². The normalized spacial score (nSPS) is 5.58. The van der Waals surface area contributed by atoms with Gasteiger partial charge in [-0.15, -0.1) is 13.2 Å². The lowest BCUT2D eigenvalue weighted by atomic mass is 10.8. The Balaban J connectivity index is -0.0000000212. The molecule has 0 heterocycles. The van der Waals surface area contributed by atoms with Gasteiger partial charge in [-0.25, -0.2) is 0 Å². The molecular formula is C12H32N2O10. The molecule has 0 amide bonds. The maximum atomic E-state index is 9.00. The average molecular weight is 364 g/mol. The molecule has 0 fully saturated rings. The lowest BCUT2D eigenvalue weighted by Crippen LogP contribution is -1.85. The predicted molar refractivity (Wildman–Crippen MR) is 88.7 cm³/mol. The molecule has 0 aliphatic rings. The number of aliphatic carboxylic acids is 4. The van der Waals surface area contributed by atoms with E-state index < -0.39 is 23.9 Å². The maximum Gasteiger partial charge on any atom is 0.300 e. The largest absolute Gasteiger partial charge is 0.481 e. The molecule has 0 aromatic heterocycles. The summed E-state index contributed by atoms with van der Waals surface area (Å²) in [5.74, 6) is -3.33. The summed E-state index contributed by atoms with van der Waals surface area (Å²) in [5.41, 5.74) is 0. The zero-order chi connectivity index (χ0) is 19.7. The molecule has 0 atom stereocenters. The molecule has 0 bridgehead atoms. The second-order valence-electron chi connectivity index (χ2n) is 2.52. The molecule has 0 saturated heterocycles. The first-order valence-corrected chi connectivity index (χ1v) is 5.34. The fourth-order valence-electron chi connectivity index (χ4n) is 0. The Labute approximate surface area is 141 Å². The first-order valence-electron chi connectivity index (χ1n) is 5.34. The van der Waals surface area contributed by atoms with Crippen LogP contribution in [0.25, 0.3) is 0 Å². The SMILES string of the molecule is C=C.CC(=O)O.CC(=O)O.CC(=O)O.CC(=O)O.N.N.OCCO. The van der Waals surface area contributed by atoms with Gasteiger partial charge in [0, 0.05) is 27.7 Å². The van der Waals surface area contributed by atoms with E-state index in [2.05, 4.69) is 13.2 Å². The van der Waals surface area contributed by atoms with E-state index in [1.54, 1.807) is 0 Å². The van der Waals surface area contributed by atoms with Crippen LogP contribution in [0, 0.1) is 0 Å². The fraction of sp³-hybridized carbons (Fsp3) is 0.500. The molecule has 0 spiro atoms.